The molecule has 0 nitrogen and oxygen atoms in total. The van der Waals surface area contributed by atoms with Gasteiger partial charge in [-0.2, -0.15) is 0 Å². The predicted molar refractivity (Wildman–Crippen MR) is 170 cm³/mol. The van der Waals surface area contributed by atoms with Crippen LogP contribution in [0.4, 0.5) is 0 Å². The van der Waals surface area contributed by atoms with Crippen LogP contribution >= 0.6 is 0 Å². The Morgan fingerprint density at radius 1 is 0.475 bits per heavy atom. The SMILES string of the molecule is CC1=Cc2c(-c3ccccc3)cccc2[CH]1[Hf]([CH3])([CH3])[CH2][CH2][Hf]([CH3])([CH3])[CH]1C(C)=Cc2c(-c3ccccc3)cccc21. The molecule has 0 saturated carbocycles. The Morgan fingerprint density at radius 3 is 1.23 bits per heavy atom. The molecule has 0 saturated heterocycles. The molecule has 0 radical (unpaired) electrons. The van der Waals surface area contributed by atoms with Crippen molar-refractivity contribution in [2.24, 2.45) is 0 Å². The second-order valence-corrected chi connectivity index (χ2v) is 49.8. The van der Waals surface area contributed by atoms with E-state index in [1.54, 1.807) is 22.3 Å². The minimum atomic E-state index is -2.65. The van der Waals surface area contributed by atoms with Crippen LogP contribution in [0.2, 0.25) is 27.1 Å². The molecule has 6 rings (SSSR count). The van der Waals surface area contributed by atoms with E-state index in [9.17, 15) is 0 Å². The van der Waals surface area contributed by atoms with Crippen molar-refractivity contribution in [3.63, 3.8) is 0 Å². The van der Waals surface area contributed by atoms with Crippen LogP contribution in [0.1, 0.15) is 43.5 Å². The van der Waals surface area contributed by atoms with Crippen LogP contribution in [0.25, 0.3) is 34.4 Å². The number of allylic oxidation sites excluding steroid dienone is 2. The van der Waals surface area contributed by atoms with E-state index in [-0.39, 0.29) is 0 Å². The molecule has 0 heterocycles. The van der Waals surface area contributed by atoms with Crippen molar-refractivity contribution in [1.29, 1.82) is 0 Å². The first kappa shape index (κ1) is 28.2. The van der Waals surface area contributed by atoms with Crippen molar-refractivity contribution < 1.29 is 39.9 Å². The average molecular weight is 856 g/mol. The fourth-order valence-electron chi connectivity index (χ4n) is 7.85. The molecule has 2 atom stereocenters. The molecule has 0 N–H and O–H groups in total. The summed E-state index contributed by atoms with van der Waals surface area (Å²) in [6.45, 7) is 4.84. The molecule has 2 heteroatoms. The van der Waals surface area contributed by atoms with Gasteiger partial charge in [-0.1, -0.05) is 0 Å². The van der Waals surface area contributed by atoms with E-state index in [4.69, 9.17) is 0 Å². The Hall–Kier alpha value is -1.90. The molecule has 0 aliphatic heterocycles. The zero-order chi connectivity index (χ0) is 28.1. The normalized spacial score (nSPS) is 18.2. The summed E-state index contributed by atoms with van der Waals surface area (Å²) in [5.74, 6) is 0. The zero-order valence-electron chi connectivity index (χ0n) is 25.0. The second kappa shape index (κ2) is 11.1. The first-order chi connectivity index (χ1) is 19.2. The zero-order valence-corrected chi connectivity index (χ0v) is 32.1. The van der Waals surface area contributed by atoms with Crippen molar-refractivity contribution in [2.45, 2.75) is 48.3 Å². The van der Waals surface area contributed by atoms with E-state index in [0.717, 1.165) is 0 Å². The van der Waals surface area contributed by atoms with Gasteiger partial charge in [0, 0.05) is 0 Å². The fraction of sp³-hybridized carbons (Fsp3) is 0.263. The molecule has 0 spiro atoms. The molecule has 4 aromatic rings. The summed E-state index contributed by atoms with van der Waals surface area (Å²) >= 11 is -5.31. The third kappa shape index (κ3) is 5.13. The maximum atomic E-state index is 2.75. The van der Waals surface area contributed by atoms with Crippen LogP contribution in [0.3, 0.4) is 0 Å². The number of benzene rings is 4. The minimum absolute atomic E-state index is 0.701. The summed E-state index contributed by atoms with van der Waals surface area (Å²) in [5.41, 5.74) is 15.0. The van der Waals surface area contributed by atoms with Crippen molar-refractivity contribution >= 4 is 12.2 Å². The van der Waals surface area contributed by atoms with E-state index >= 15 is 0 Å². The monoisotopic (exact) mass is 858 g/mol. The number of hydrogen-bond donors (Lipinski definition) is 0. The summed E-state index contributed by atoms with van der Waals surface area (Å²) < 4.78 is 15.4. The van der Waals surface area contributed by atoms with Crippen LogP contribution in [0.5, 0.6) is 0 Å². The van der Waals surface area contributed by atoms with Gasteiger partial charge in [-0.25, -0.2) is 0 Å². The van der Waals surface area contributed by atoms with Gasteiger partial charge >= 0.3 is 253 Å². The van der Waals surface area contributed by atoms with Crippen molar-refractivity contribution in [3.05, 3.63) is 130 Å². The summed E-state index contributed by atoms with van der Waals surface area (Å²) in [6, 6.07) is 36.1. The topological polar surface area (TPSA) is 0 Å². The fourth-order valence-corrected chi connectivity index (χ4v) is 69.8. The van der Waals surface area contributed by atoms with E-state index in [0.29, 0.717) is 7.35 Å². The molecule has 0 fully saturated rings. The van der Waals surface area contributed by atoms with Crippen molar-refractivity contribution in [1.82, 2.24) is 0 Å². The van der Waals surface area contributed by atoms with Gasteiger partial charge in [-0.3, -0.25) is 0 Å². The van der Waals surface area contributed by atoms with Gasteiger partial charge in [0.25, 0.3) is 0 Å². The maximum absolute atomic E-state index is 2.75. The molecular weight excluding hydrogens is 813 g/mol. The molecule has 0 bridgehead atoms. The molecule has 202 valence electrons. The molecule has 4 aromatic carbocycles. The van der Waals surface area contributed by atoms with Crippen LogP contribution in [0.15, 0.2) is 108 Å². The average Bonchev–Trinajstić information content (AvgIpc) is 3.49. The Labute approximate surface area is 250 Å². The predicted octanol–water partition coefficient (Wildman–Crippen LogP) is 12.0. The Balaban J connectivity index is 1.27. The van der Waals surface area contributed by atoms with Gasteiger partial charge in [0.05, 0.1) is 0 Å². The van der Waals surface area contributed by atoms with Gasteiger partial charge in [0.15, 0.2) is 0 Å². The summed E-state index contributed by atoms with van der Waals surface area (Å²) in [7, 11) is 0. The van der Waals surface area contributed by atoms with Crippen LogP contribution in [-0.4, -0.2) is 0 Å². The van der Waals surface area contributed by atoms with Gasteiger partial charge < -0.3 is 0 Å². The first-order valence-electron chi connectivity index (χ1n) is 14.9. The Bertz CT molecular complexity index is 1480. The van der Waals surface area contributed by atoms with Crippen LogP contribution < -0.4 is 0 Å². The van der Waals surface area contributed by atoms with E-state index in [1.807, 2.05) is 0 Å². The Kier molecular flexibility index (Phi) is 7.81. The van der Waals surface area contributed by atoms with E-state index < -0.39 is 39.9 Å². The van der Waals surface area contributed by atoms with E-state index in [1.165, 1.54) is 41.7 Å². The molecule has 2 aliphatic carbocycles. The van der Waals surface area contributed by atoms with Crippen molar-refractivity contribution in [2.75, 3.05) is 0 Å². The van der Waals surface area contributed by atoms with Crippen LogP contribution in [-0.2, 0) is 39.9 Å². The summed E-state index contributed by atoms with van der Waals surface area (Å²) in [4.78, 5) is 0. The third-order valence-electron chi connectivity index (χ3n) is 9.70. The number of rotatable bonds is 7. The number of hydrogen-bond acceptors (Lipinski definition) is 0. The molecular formula is C38H42Hf2. The summed E-state index contributed by atoms with van der Waals surface area (Å²) in [5, 5.41) is 0. The standard InChI is InChI=1S/2C16H13.C2H4.4CH3.2Hf/c2*1-12-10-14-8-5-9-15(16(14)11-12)13-6-3-2-4-7-13;1-2;;;;;;/h2*2-11H,1H3;1-2H2;4*1H3;;. The number of fused-ring (bicyclic) bond motifs is 2. The summed E-state index contributed by atoms with van der Waals surface area (Å²) in [6.07, 6.45) is 5.06. The third-order valence-corrected chi connectivity index (χ3v) is 43.9. The second-order valence-electron chi connectivity index (χ2n) is 13.5. The van der Waals surface area contributed by atoms with E-state index in [2.05, 4.69) is 142 Å². The van der Waals surface area contributed by atoms with Gasteiger partial charge in [0.1, 0.15) is 0 Å². The quantitative estimate of drug-likeness (QED) is 0.163. The Morgan fingerprint density at radius 2 is 0.850 bits per heavy atom. The van der Waals surface area contributed by atoms with Crippen molar-refractivity contribution in [3.8, 4) is 22.3 Å². The van der Waals surface area contributed by atoms with Gasteiger partial charge in [-0.05, 0) is 0 Å². The molecule has 2 unspecified atom stereocenters. The molecule has 40 heavy (non-hydrogen) atoms. The van der Waals surface area contributed by atoms with Gasteiger partial charge in [-0.15, -0.1) is 0 Å². The van der Waals surface area contributed by atoms with Crippen LogP contribution in [0, 0.1) is 0 Å². The van der Waals surface area contributed by atoms with Gasteiger partial charge in [0.2, 0.25) is 0 Å². The molecule has 0 amide bonds. The molecule has 2 aliphatic rings. The first-order valence-corrected chi connectivity index (χ1v) is 38.5. The molecule has 0 aromatic heterocycles.